The van der Waals surface area contributed by atoms with E-state index in [4.69, 9.17) is 0 Å². The van der Waals surface area contributed by atoms with E-state index >= 15 is 0 Å². The predicted molar refractivity (Wildman–Crippen MR) is 90.5 cm³/mol. The molecular weight excluding hydrogens is 254 g/mol. The number of aryl methyl sites for hydroxylation is 1. The zero-order valence-corrected chi connectivity index (χ0v) is 12.7. The number of fused-ring (bicyclic) bond motifs is 1. The lowest BCUT2D eigenvalue weighted by Gasteiger charge is -2.17. The van der Waals surface area contributed by atoms with Gasteiger partial charge in [-0.2, -0.15) is 0 Å². The van der Waals surface area contributed by atoms with E-state index in [0.717, 1.165) is 13.0 Å². The van der Waals surface area contributed by atoms with Crippen molar-refractivity contribution in [1.82, 2.24) is 5.32 Å². The minimum absolute atomic E-state index is 0.556. The van der Waals surface area contributed by atoms with E-state index in [0.29, 0.717) is 5.92 Å². The van der Waals surface area contributed by atoms with Crippen molar-refractivity contribution in [3.8, 4) is 0 Å². The molecule has 0 bridgehead atoms. The number of nitrogens with one attached hydrogen (secondary N) is 1. The van der Waals surface area contributed by atoms with E-state index in [1.54, 1.807) is 0 Å². The molecule has 0 radical (unpaired) electrons. The highest BCUT2D eigenvalue weighted by Gasteiger charge is 2.25. The van der Waals surface area contributed by atoms with Crippen LogP contribution in [0.15, 0.2) is 60.7 Å². The van der Waals surface area contributed by atoms with Crippen molar-refractivity contribution in [3.63, 3.8) is 0 Å². The summed E-state index contributed by atoms with van der Waals surface area (Å²) in [5.74, 6) is 0.556. The Kier molecular flexibility index (Phi) is 4.52. The molecule has 0 amide bonds. The molecule has 1 nitrogen and oxygen atoms in total. The summed E-state index contributed by atoms with van der Waals surface area (Å²) in [7, 11) is 2.01. The molecule has 0 aliphatic heterocycles. The minimum atomic E-state index is 0.556. The molecular formula is C20H23N. The summed E-state index contributed by atoms with van der Waals surface area (Å²) < 4.78 is 0. The Morgan fingerprint density at radius 1 is 1.10 bits per heavy atom. The van der Waals surface area contributed by atoms with Crippen LogP contribution in [0.2, 0.25) is 0 Å². The molecule has 1 unspecified atom stereocenters. The third kappa shape index (κ3) is 3.08. The van der Waals surface area contributed by atoms with Gasteiger partial charge in [0.05, 0.1) is 0 Å². The maximum absolute atomic E-state index is 3.24. The van der Waals surface area contributed by atoms with Crippen LogP contribution in [0, 0.1) is 0 Å². The van der Waals surface area contributed by atoms with Gasteiger partial charge in [-0.15, -0.1) is 0 Å². The highest BCUT2D eigenvalue weighted by atomic mass is 14.8. The Morgan fingerprint density at radius 2 is 1.86 bits per heavy atom. The summed E-state index contributed by atoms with van der Waals surface area (Å²) in [6, 6.07) is 19.8. The second kappa shape index (κ2) is 6.73. The van der Waals surface area contributed by atoms with Crippen LogP contribution in [-0.4, -0.2) is 13.6 Å². The van der Waals surface area contributed by atoms with E-state index in [1.807, 2.05) is 7.05 Å². The molecule has 2 aromatic carbocycles. The molecule has 2 aromatic rings. The second-order valence-corrected chi connectivity index (χ2v) is 5.71. The average molecular weight is 277 g/mol. The zero-order chi connectivity index (χ0) is 14.5. The first-order chi connectivity index (χ1) is 10.4. The quantitative estimate of drug-likeness (QED) is 0.798. The largest absolute Gasteiger partial charge is 0.319 e. The lowest BCUT2D eigenvalue weighted by Crippen LogP contribution is -2.07. The second-order valence-electron chi connectivity index (χ2n) is 5.71. The van der Waals surface area contributed by atoms with Gasteiger partial charge in [-0.25, -0.2) is 0 Å². The summed E-state index contributed by atoms with van der Waals surface area (Å²) in [6.45, 7) is 1.03. The van der Waals surface area contributed by atoms with Crippen LogP contribution in [0.5, 0.6) is 0 Å². The lowest BCUT2D eigenvalue weighted by molar-refractivity contribution is 0.795. The molecule has 0 saturated heterocycles. The van der Waals surface area contributed by atoms with Crippen LogP contribution < -0.4 is 5.32 Å². The van der Waals surface area contributed by atoms with Crippen LogP contribution in [0.1, 0.15) is 35.4 Å². The molecule has 0 spiro atoms. The molecule has 108 valence electrons. The fourth-order valence-corrected chi connectivity index (χ4v) is 3.34. The monoisotopic (exact) mass is 277 g/mol. The van der Waals surface area contributed by atoms with Crippen molar-refractivity contribution in [2.45, 2.75) is 25.2 Å². The number of benzene rings is 2. The smallest absolute Gasteiger partial charge is 0.00980 e. The first kappa shape index (κ1) is 14.1. The minimum Gasteiger partial charge on any atom is -0.319 e. The Morgan fingerprint density at radius 3 is 2.67 bits per heavy atom. The first-order valence-corrected chi connectivity index (χ1v) is 7.88. The van der Waals surface area contributed by atoms with Gasteiger partial charge in [-0.05, 0) is 55.1 Å². The highest BCUT2D eigenvalue weighted by Crippen LogP contribution is 2.42. The zero-order valence-electron chi connectivity index (χ0n) is 12.7. The van der Waals surface area contributed by atoms with Crippen molar-refractivity contribution in [3.05, 3.63) is 77.4 Å². The van der Waals surface area contributed by atoms with Crippen molar-refractivity contribution < 1.29 is 0 Å². The Labute approximate surface area is 127 Å². The third-order valence-electron chi connectivity index (χ3n) is 4.37. The van der Waals surface area contributed by atoms with Crippen LogP contribution in [0.4, 0.5) is 0 Å². The SMILES string of the molecule is CNCC/C=C(/c1ccccc1)C1CCc2ccccc21. The van der Waals surface area contributed by atoms with Gasteiger partial charge in [0.25, 0.3) is 0 Å². The van der Waals surface area contributed by atoms with Crippen molar-refractivity contribution in [2.75, 3.05) is 13.6 Å². The molecule has 0 heterocycles. The summed E-state index contributed by atoms with van der Waals surface area (Å²) in [4.78, 5) is 0. The van der Waals surface area contributed by atoms with Crippen LogP contribution in [0.25, 0.3) is 5.57 Å². The Hall–Kier alpha value is -1.86. The maximum atomic E-state index is 3.24. The average Bonchev–Trinajstić information content (AvgIpc) is 2.96. The molecule has 0 fully saturated rings. The molecule has 1 aliphatic carbocycles. The van der Waals surface area contributed by atoms with Gasteiger partial charge in [0.2, 0.25) is 0 Å². The number of rotatable bonds is 5. The highest BCUT2D eigenvalue weighted by molar-refractivity contribution is 5.73. The lowest BCUT2D eigenvalue weighted by atomic mass is 9.87. The third-order valence-corrected chi connectivity index (χ3v) is 4.37. The molecule has 1 heteroatoms. The van der Waals surface area contributed by atoms with Gasteiger partial charge in [-0.3, -0.25) is 0 Å². The van der Waals surface area contributed by atoms with E-state index in [2.05, 4.69) is 66.0 Å². The Bertz CT molecular complexity index is 613. The van der Waals surface area contributed by atoms with Crippen LogP contribution in [0.3, 0.4) is 0 Å². The summed E-state index contributed by atoms with van der Waals surface area (Å²) in [5.41, 5.74) is 5.92. The van der Waals surface area contributed by atoms with E-state index in [-0.39, 0.29) is 0 Å². The molecule has 0 aromatic heterocycles. The maximum Gasteiger partial charge on any atom is 0.00980 e. The molecule has 21 heavy (non-hydrogen) atoms. The van der Waals surface area contributed by atoms with Crippen LogP contribution >= 0.6 is 0 Å². The van der Waals surface area contributed by atoms with E-state index in [9.17, 15) is 0 Å². The van der Waals surface area contributed by atoms with E-state index in [1.165, 1.54) is 35.1 Å². The van der Waals surface area contributed by atoms with Gasteiger partial charge in [-0.1, -0.05) is 60.7 Å². The first-order valence-electron chi connectivity index (χ1n) is 7.88. The summed E-state index contributed by atoms with van der Waals surface area (Å²) >= 11 is 0. The van der Waals surface area contributed by atoms with Gasteiger partial charge < -0.3 is 5.32 Å². The van der Waals surface area contributed by atoms with Gasteiger partial charge in [0.1, 0.15) is 0 Å². The number of hydrogen-bond acceptors (Lipinski definition) is 1. The molecule has 3 rings (SSSR count). The van der Waals surface area contributed by atoms with Crippen molar-refractivity contribution in [2.24, 2.45) is 0 Å². The predicted octanol–water partition coefficient (Wildman–Crippen LogP) is 4.41. The number of hydrogen-bond donors (Lipinski definition) is 1. The normalized spacial score (nSPS) is 17.8. The Balaban J connectivity index is 1.95. The number of allylic oxidation sites excluding steroid dienone is 1. The molecule has 1 atom stereocenters. The molecule has 1 aliphatic rings. The summed E-state index contributed by atoms with van der Waals surface area (Å²) in [6.07, 6.45) is 5.95. The van der Waals surface area contributed by atoms with E-state index < -0.39 is 0 Å². The van der Waals surface area contributed by atoms with Crippen LogP contribution in [-0.2, 0) is 6.42 Å². The topological polar surface area (TPSA) is 12.0 Å². The van der Waals surface area contributed by atoms with Gasteiger partial charge in [0.15, 0.2) is 0 Å². The molecule has 0 saturated carbocycles. The fourth-order valence-electron chi connectivity index (χ4n) is 3.34. The fraction of sp³-hybridized carbons (Fsp3) is 0.300. The molecule has 1 N–H and O–H groups in total. The van der Waals surface area contributed by atoms with Gasteiger partial charge >= 0.3 is 0 Å². The van der Waals surface area contributed by atoms with Gasteiger partial charge in [0, 0.05) is 5.92 Å². The van der Waals surface area contributed by atoms with Crippen molar-refractivity contribution in [1.29, 1.82) is 0 Å². The summed E-state index contributed by atoms with van der Waals surface area (Å²) in [5, 5.41) is 3.24. The standard InChI is InChI=1S/C20H23N/c1-21-15-7-12-19(16-8-3-2-4-9-16)20-14-13-17-10-5-6-11-18(17)20/h2-6,8-12,20-21H,7,13-15H2,1H3/b19-12-. The van der Waals surface area contributed by atoms with Crippen molar-refractivity contribution >= 4 is 5.57 Å².